The first kappa shape index (κ1) is 18.4. The Balaban J connectivity index is 2.06. The second-order valence-electron chi connectivity index (χ2n) is 5.47. The second kappa shape index (κ2) is 6.71. The lowest BCUT2D eigenvalue weighted by molar-refractivity contribution is -0.137. The smallest absolute Gasteiger partial charge is 0.320 e. The van der Waals surface area contributed by atoms with E-state index in [9.17, 15) is 22.8 Å². The number of hydrogen-bond acceptors (Lipinski definition) is 3. The summed E-state index contributed by atoms with van der Waals surface area (Å²) in [7, 11) is 1.40. The number of carbonyl (C=O) groups excluding carboxylic acids is 1. The number of amides is 1. The van der Waals surface area contributed by atoms with Crippen LogP contribution in [0.15, 0.2) is 47.3 Å². The molecule has 5 nitrogen and oxygen atoms in total. The molecular formula is C17H11F3IN3O2. The summed E-state index contributed by atoms with van der Waals surface area (Å²) in [4.78, 5) is 24.7. The fourth-order valence-electron chi connectivity index (χ4n) is 2.45. The number of aryl methyl sites for hydroxylation is 1. The number of aromatic nitrogens is 2. The van der Waals surface area contributed by atoms with Gasteiger partial charge in [0.25, 0.3) is 11.5 Å². The van der Waals surface area contributed by atoms with Crippen LogP contribution in [0.2, 0.25) is 0 Å². The number of nitrogens with one attached hydrogen (secondary N) is 1. The van der Waals surface area contributed by atoms with Crippen molar-refractivity contribution in [3.8, 4) is 0 Å². The molecule has 1 amide bonds. The molecule has 1 N–H and O–H groups in total. The standard InChI is InChI=1S/C17H11F3IN3O2/c1-24-16(26)11-5-3-2-4-10(11)14(23-24)15(25)22-13-8-9(17(18,19)20)6-7-12(13)21/h2-8H,1H3,(H,22,25). The third kappa shape index (κ3) is 3.43. The Morgan fingerprint density at radius 2 is 1.81 bits per heavy atom. The van der Waals surface area contributed by atoms with Gasteiger partial charge in [-0.3, -0.25) is 9.59 Å². The molecule has 0 fully saturated rings. The Morgan fingerprint density at radius 1 is 1.15 bits per heavy atom. The number of rotatable bonds is 2. The van der Waals surface area contributed by atoms with Crippen LogP contribution in [0.25, 0.3) is 10.8 Å². The summed E-state index contributed by atoms with van der Waals surface area (Å²) in [6.07, 6.45) is -4.52. The molecule has 0 aliphatic heterocycles. The van der Waals surface area contributed by atoms with Crippen LogP contribution in [0.5, 0.6) is 0 Å². The van der Waals surface area contributed by atoms with Crippen LogP contribution < -0.4 is 10.9 Å². The van der Waals surface area contributed by atoms with Gasteiger partial charge in [0.15, 0.2) is 5.69 Å². The first-order chi connectivity index (χ1) is 12.2. The molecule has 0 saturated heterocycles. The first-order valence-corrected chi connectivity index (χ1v) is 8.40. The SMILES string of the molecule is Cn1nc(C(=O)Nc2cc(C(F)(F)F)ccc2I)c2ccccc2c1=O. The molecule has 0 bridgehead atoms. The number of fused-ring (bicyclic) bond motifs is 1. The lowest BCUT2D eigenvalue weighted by atomic mass is 10.1. The number of alkyl halides is 3. The highest BCUT2D eigenvalue weighted by molar-refractivity contribution is 14.1. The average molecular weight is 473 g/mol. The highest BCUT2D eigenvalue weighted by atomic mass is 127. The lowest BCUT2D eigenvalue weighted by Crippen LogP contribution is -2.25. The highest BCUT2D eigenvalue weighted by Crippen LogP contribution is 2.32. The van der Waals surface area contributed by atoms with Crippen molar-refractivity contribution in [2.45, 2.75) is 6.18 Å². The maximum atomic E-state index is 12.9. The van der Waals surface area contributed by atoms with Crippen molar-refractivity contribution in [2.24, 2.45) is 7.05 Å². The summed E-state index contributed by atoms with van der Waals surface area (Å²) < 4.78 is 40.2. The number of hydrogen-bond donors (Lipinski definition) is 1. The lowest BCUT2D eigenvalue weighted by Gasteiger charge is -2.13. The molecule has 0 radical (unpaired) electrons. The minimum Gasteiger partial charge on any atom is -0.320 e. The maximum absolute atomic E-state index is 12.9. The van der Waals surface area contributed by atoms with Gasteiger partial charge in [-0.15, -0.1) is 0 Å². The number of benzene rings is 2. The fraction of sp³-hybridized carbons (Fsp3) is 0.118. The average Bonchev–Trinajstić information content (AvgIpc) is 2.59. The molecule has 9 heteroatoms. The molecular weight excluding hydrogens is 462 g/mol. The monoisotopic (exact) mass is 473 g/mol. The number of halogens is 4. The highest BCUT2D eigenvalue weighted by Gasteiger charge is 2.31. The summed E-state index contributed by atoms with van der Waals surface area (Å²) in [5.74, 6) is -0.700. The Kier molecular flexibility index (Phi) is 4.74. The van der Waals surface area contributed by atoms with Crippen molar-refractivity contribution < 1.29 is 18.0 Å². The van der Waals surface area contributed by atoms with Crippen LogP contribution in [0.1, 0.15) is 16.1 Å². The summed E-state index contributed by atoms with van der Waals surface area (Å²) in [6, 6.07) is 9.50. The molecule has 0 unspecified atom stereocenters. The van der Waals surface area contributed by atoms with Gasteiger partial charge in [-0.05, 0) is 46.9 Å². The van der Waals surface area contributed by atoms with Crippen LogP contribution in [-0.4, -0.2) is 15.7 Å². The van der Waals surface area contributed by atoms with E-state index in [-0.39, 0.29) is 16.9 Å². The van der Waals surface area contributed by atoms with E-state index in [4.69, 9.17) is 0 Å². The molecule has 2 aromatic carbocycles. The van der Waals surface area contributed by atoms with E-state index in [1.807, 2.05) is 22.6 Å². The molecule has 1 heterocycles. The Morgan fingerprint density at radius 3 is 2.46 bits per heavy atom. The predicted octanol–water partition coefficient (Wildman–Crippen LogP) is 3.81. The van der Waals surface area contributed by atoms with Crippen LogP contribution in [0, 0.1) is 3.57 Å². The van der Waals surface area contributed by atoms with E-state index in [2.05, 4.69) is 10.4 Å². The molecule has 0 saturated carbocycles. The van der Waals surface area contributed by atoms with Crippen molar-refractivity contribution in [1.29, 1.82) is 0 Å². The van der Waals surface area contributed by atoms with E-state index < -0.39 is 17.6 Å². The molecule has 3 rings (SSSR count). The fourth-order valence-corrected chi connectivity index (χ4v) is 2.92. The van der Waals surface area contributed by atoms with E-state index in [1.165, 1.54) is 13.1 Å². The van der Waals surface area contributed by atoms with Crippen molar-refractivity contribution in [3.63, 3.8) is 0 Å². The third-order valence-electron chi connectivity index (χ3n) is 3.71. The van der Waals surface area contributed by atoms with Gasteiger partial charge >= 0.3 is 6.18 Å². The van der Waals surface area contributed by atoms with E-state index >= 15 is 0 Å². The zero-order chi connectivity index (χ0) is 19.1. The predicted molar refractivity (Wildman–Crippen MR) is 99.1 cm³/mol. The number of carbonyl (C=O) groups is 1. The summed E-state index contributed by atoms with van der Waals surface area (Å²) in [5, 5.41) is 7.05. The van der Waals surface area contributed by atoms with Gasteiger partial charge in [-0.2, -0.15) is 18.3 Å². The number of anilines is 1. The zero-order valence-corrected chi connectivity index (χ0v) is 15.4. The second-order valence-corrected chi connectivity index (χ2v) is 6.63. The summed E-state index contributed by atoms with van der Waals surface area (Å²) >= 11 is 1.83. The van der Waals surface area contributed by atoms with Gasteiger partial charge in [0.05, 0.1) is 16.6 Å². The molecule has 0 aliphatic carbocycles. The van der Waals surface area contributed by atoms with Crippen molar-refractivity contribution in [3.05, 3.63) is 67.6 Å². The minimum absolute atomic E-state index is 0.0187. The van der Waals surface area contributed by atoms with Crippen LogP contribution >= 0.6 is 22.6 Å². The molecule has 26 heavy (non-hydrogen) atoms. The van der Waals surface area contributed by atoms with Crippen molar-refractivity contribution in [2.75, 3.05) is 5.32 Å². The quantitative estimate of drug-likeness (QED) is 0.576. The van der Waals surface area contributed by atoms with E-state index in [0.717, 1.165) is 16.8 Å². The van der Waals surface area contributed by atoms with Gasteiger partial charge in [-0.1, -0.05) is 18.2 Å². The van der Waals surface area contributed by atoms with E-state index in [1.54, 1.807) is 24.3 Å². The van der Waals surface area contributed by atoms with Gasteiger partial charge in [-0.25, -0.2) is 4.68 Å². The Hall–Kier alpha value is -2.43. The van der Waals surface area contributed by atoms with Gasteiger partial charge in [0, 0.05) is 16.0 Å². The van der Waals surface area contributed by atoms with Crippen LogP contribution in [-0.2, 0) is 13.2 Å². The molecule has 0 spiro atoms. The molecule has 0 aliphatic rings. The van der Waals surface area contributed by atoms with Crippen LogP contribution in [0.3, 0.4) is 0 Å². The van der Waals surface area contributed by atoms with Gasteiger partial charge in [0.2, 0.25) is 0 Å². The zero-order valence-electron chi connectivity index (χ0n) is 13.3. The van der Waals surface area contributed by atoms with Crippen molar-refractivity contribution in [1.82, 2.24) is 9.78 Å². The third-order valence-corrected chi connectivity index (χ3v) is 4.65. The Bertz CT molecular complexity index is 1080. The maximum Gasteiger partial charge on any atom is 0.416 e. The Labute approximate surface area is 159 Å². The topological polar surface area (TPSA) is 64.0 Å². The normalized spacial score (nSPS) is 11.6. The van der Waals surface area contributed by atoms with Crippen molar-refractivity contribution >= 4 is 45.0 Å². The van der Waals surface area contributed by atoms with Gasteiger partial charge in [0.1, 0.15) is 0 Å². The first-order valence-electron chi connectivity index (χ1n) is 7.32. The summed E-state index contributed by atoms with van der Waals surface area (Å²) in [5.41, 5.74) is -1.27. The summed E-state index contributed by atoms with van der Waals surface area (Å²) in [6.45, 7) is 0. The largest absolute Gasteiger partial charge is 0.416 e. The number of nitrogens with zero attached hydrogens (tertiary/aromatic N) is 2. The minimum atomic E-state index is -4.52. The van der Waals surface area contributed by atoms with Crippen LogP contribution in [0.4, 0.5) is 18.9 Å². The molecule has 0 atom stereocenters. The van der Waals surface area contributed by atoms with Gasteiger partial charge < -0.3 is 5.32 Å². The molecule has 134 valence electrons. The van der Waals surface area contributed by atoms with E-state index in [0.29, 0.717) is 14.3 Å². The molecule has 1 aromatic heterocycles. The molecule has 3 aromatic rings.